The third-order valence-electron chi connectivity index (χ3n) is 1.96. The second-order valence-corrected chi connectivity index (χ2v) is 4.78. The molecule has 0 N–H and O–H groups in total. The number of rotatable bonds is 2. The second-order valence-electron chi connectivity index (χ2n) is 3.74. The topological polar surface area (TPSA) is 12.4 Å². The predicted molar refractivity (Wildman–Crippen MR) is 53.4 cm³/mol. The van der Waals surface area contributed by atoms with Crippen molar-refractivity contribution < 1.29 is 0 Å². The Balaban J connectivity index is 2.54. The van der Waals surface area contributed by atoms with Gasteiger partial charge in [-0.15, -0.1) is 11.8 Å². The molecule has 0 aromatic rings. The summed E-state index contributed by atoms with van der Waals surface area (Å²) in [6.07, 6.45) is 0. The summed E-state index contributed by atoms with van der Waals surface area (Å²) in [5, 5.41) is 1.35. The van der Waals surface area contributed by atoms with Crippen molar-refractivity contribution >= 4 is 16.8 Å². The summed E-state index contributed by atoms with van der Waals surface area (Å²) < 4.78 is 0. The first-order chi connectivity index (χ1) is 5.11. The molecule has 1 unspecified atom stereocenters. The molecule has 0 saturated carbocycles. The Morgan fingerprint density at radius 2 is 2.00 bits per heavy atom. The lowest BCUT2D eigenvalue weighted by Crippen LogP contribution is -2.11. The number of nitrogens with zero attached hydrogens (tertiary/aromatic N) is 1. The van der Waals surface area contributed by atoms with E-state index in [1.807, 2.05) is 11.8 Å². The minimum atomic E-state index is 0.581. The Labute approximate surface area is 73.7 Å². The van der Waals surface area contributed by atoms with Gasteiger partial charge in [-0.25, -0.2) is 0 Å². The lowest BCUT2D eigenvalue weighted by atomic mass is 10.1. The highest BCUT2D eigenvalue weighted by molar-refractivity contribution is 8.14. The molecule has 0 aromatic carbocycles. The highest BCUT2D eigenvalue weighted by Crippen LogP contribution is 2.26. The molecule has 0 amide bonds. The molecule has 1 aliphatic heterocycles. The molecule has 0 bridgehead atoms. The van der Waals surface area contributed by atoms with Crippen molar-refractivity contribution in [2.45, 2.75) is 33.7 Å². The average molecular weight is 171 g/mol. The second kappa shape index (κ2) is 3.61. The molecule has 1 rings (SSSR count). The van der Waals surface area contributed by atoms with E-state index >= 15 is 0 Å². The normalized spacial score (nSPS) is 24.9. The molecule has 1 aliphatic rings. The van der Waals surface area contributed by atoms with Crippen LogP contribution in [0.5, 0.6) is 0 Å². The molecule has 0 aromatic heterocycles. The summed E-state index contributed by atoms with van der Waals surface area (Å²) in [5.74, 6) is 2.54. The highest BCUT2D eigenvalue weighted by Gasteiger charge is 2.22. The minimum Gasteiger partial charge on any atom is -0.278 e. The van der Waals surface area contributed by atoms with Crippen LogP contribution >= 0.6 is 11.8 Å². The number of hydrogen-bond donors (Lipinski definition) is 0. The maximum atomic E-state index is 4.67. The maximum absolute atomic E-state index is 4.67. The molecule has 1 nitrogen and oxygen atoms in total. The Morgan fingerprint density at radius 1 is 1.36 bits per heavy atom. The van der Waals surface area contributed by atoms with Gasteiger partial charge in [0.05, 0.1) is 11.1 Å². The SMILES string of the molecule is CC(C)C1=NC(C(C)C)CS1. The first-order valence-corrected chi connectivity index (χ1v) is 5.30. The lowest BCUT2D eigenvalue weighted by molar-refractivity contribution is 0.542. The van der Waals surface area contributed by atoms with Gasteiger partial charge in [0, 0.05) is 11.7 Å². The fourth-order valence-electron chi connectivity index (χ4n) is 1.07. The van der Waals surface area contributed by atoms with E-state index in [-0.39, 0.29) is 0 Å². The van der Waals surface area contributed by atoms with Crippen molar-refractivity contribution in [1.82, 2.24) is 0 Å². The minimum absolute atomic E-state index is 0.581. The fourth-order valence-corrected chi connectivity index (χ4v) is 2.41. The Bertz CT molecular complexity index is 161. The van der Waals surface area contributed by atoms with Gasteiger partial charge in [0.1, 0.15) is 0 Å². The van der Waals surface area contributed by atoms with E-state index in [2.05, 4.69) is 32.7 Å². The standard InChI is InChI=1S/C9H17NS/c1-6(2)8-5-11-9(10-8)7(3)4/h6-8H,5H2,1-4H3. The first kappa shape index (κ1) is 9.11. The summed E-state index contributed by atoms with van der Waals surface area (Å²) in [6, 6.07) is 0.581. The summed E-state index contributed by atoms with van der Waals surface area (Å²) >= 11 is 1.94. The van der Waals surface area contributed by atoms with Gasteiger partial charge in [-0.1, -0.05) is 27.7 Å². The average Bonchev–Trinajstić information content (AvgIpc) is 2.33. The molecule has 0 fully saturated rings. The molecule has 2 heteroatoms. The highest BCUT2D eigenvalue weighted by atomic mass is 32.2. The van der Waals surface area contributed by atoms with Gasteiger partial charge in [-0.2, -0.15) is 0 Å². The molecule has 0 radical (unpaired) electrons. The van der Waals surface area contributed by atoms with Crippen molar-refractivity contribution in [3.05, 3.63) is 0 Å². The van der Waals surface area contributed by atoms with Crippen LogP contribution < -0.4 is 0 Å². The summed E-state index contributed by atoms with van der Waals surface area (Å²) in [6.45, 7) is 8.93. The van der Waals surface area contributed by atoms with Crippen LogP contribution in [-0.2, 0) is 0 Å². The maximum Gasteiger partial charge on any atom is 0.0706 e. The Morgan fingerprint density at radius 3 is 2.27 bits per heavy atom. The third kappa shape index (κ3) is 2.22. The largest absolute Gasteiger partial charge is 0.278 e. The molecular formula is C9H17NS. The fraction of sp³-hybridized carbons (Fsp3) is 0.889. The van der Waals surface area contributed by atoms with Crippen molar-refractivity contribution in [1.29, 1.82) is 0 Å². The van der Waals surface area contributed by atoms with Gasteiger partial charge in [0.2, 0.25) is 0 Å². The molecule has 1 heterocycles. The number of aliphatic imine (C=N–C) groups is 1. The molecule has 0 spiro atoms. The monoisotopic (exact) mass is 171 g/mol. The van der Waals surface area contributed by atoms with Crippen molar-refractivity contribution in [3.8, 4) is 0 Å². The van der Waals surface area contributed by atoms with Crippen LogP contribution in [0.3, 0.4) is 0 Å². The van der Waals surface area contributed by atoms with Gasteiger partial charge < -0.3 is 0 Å². The summed E-state index contributed by atoms with van der Waals surface area (Å²) in [4.78, 5) is 4.67. The predicted octanol–water partition coefficient (Wildman–Crippen LogP) is 2.81. The Kier molecular flexibility index (Phi) is 2.99. The van der Waals surface area contributed by atoms with Crippen LogP contribution in [0.1, 0.15) is 27.7 Å². The zero-order valence-electron chi connectivity index (χ0n) is 7.79. The van der Waals surface area contributed by atoms with Crippen LogP contribution in [0.4, 0.5) is 0 Å². The van der Waals surface area contributed by atoms with E-state index in [1.54, 1.807) is 0 Å². The van der Waals surface area contributed by atoms with Crippen molar-refractivity contribution in [2.75, 3.05) is 5.75 Å². The van der Waals surface area contributed by atoms with Crippen LogP contribution in [-0.4, -0.2) is 16.8 Å². The zero-order chi connectivity index (χ0) is 8.43. The molecule has 64 valence electrons. The smallest absolute Gasteiger partial charge is 0.0706 e. The third-order valence-corrected chi connectivity index (χ3v) is 3.34. The first-order valence-electron chi connectivity index (χ1n) is 4.31. The van der Waals surface area contributed by atoms with Gasteiger partial charge in [-0.05, 0) is 5.92 Å². The van der Waals surface area contributed by atoms with E-state index < -0.39 is 0 Å². The summed E-state index contributed by atoms with van der Waals surface area (Å²) in [7, 11) is 0. The number of thioether (sulfide) groups is 1. The van der Waals surface area contributed by atoms with Crippen LogP contribution in [0.15, 0.2) is 4.99 Å². The van der Waals surface area contributed by atoms with Gasteiger partial charge in [0.15, 0.2) is 0 Å². The van der Waals surface area contributed by atoms with Crippen LogP contribution in [0.2, 0.25) is 0 Å². The van der Waals surface area contributed by atoms with E-state index in [0.717, 1.165) is 0 Å². The van der Waals surface area contributed by atoms with Crippen molar-refractivity contribution in [3.63, 3.8) is 0 Å². The van der Waals surface area contributed by atoms with E-state index in [9.17, 15) is 0 Å². The summed E-state index contributed by atoms with van der Waals surface area (Å²) in [5.41, 5.74) is 0. The molecular weight excluding hydrogens is 154 g/mol. The van der Waals surface area contributed by atoms with E-state index in [4.69, 9.17) is 0 Å². The molecule has 0 saturated heterocycles. The van der Waals surface area contributed by atoms with Crippen LogP contribution in [0, 0.1) is 11.8 Å². The lowest BCUT2D eigenvalue weighted by Gasteiger charge is -2.08. The van der Waals surface area contributed by atoms with E-state index in [1.165, 1.54) is 10.8 Å². The van der Waals surface area contributed by atoms with Gasteiger partial charge >= 0.3 is 0 Å². The molecule has 11 heavy (non-hydrogen) atoms. The molecule has 1 atom stereocenters. The van der Waals surface area contributed by atoms with Gasteiger partial charge in [-0.3, -0.25) is 4.99 Å². The van der Waals surface area contributed by atoms with E-state index in [0.29, 0.717) is 17.9 Å². The Hall–Kier alpha value is 0.0200. The van der Waals surface area contributed by atoms with Crippen LogP contribution in [0.25, 0.3) is 0 Å². The van der Waals surface area contributed by atoms with Crippen molar-refractivity contribution in [2.24, 2.45) is 16.8 Å². The number of hydrogen-bond acceptors (Lipinski definition) is 2. The molecule has 0 aliphatic carbocycles. The quantitative estimate of drug-likeness (QED) is 0.622. The van der Waals surface area contributed by atoms with Gasteiger partial charge in [0.25, 0.3) is 0 Å². The zero-order valence-corrected chi connectivity index (χ0v) is 8.61.